The third-order valence-corrected chi connectivity index (χ3v) is 4.06. The van der Waals surface area contributed by atoms with Crippen molar-refractivity contribution in [2.75, 3.05) is 5.32 Å². The number of hydrogen-bond donors (Lipinski definition) is 1. The Kier molecular flexibility index (Phi) is 4.49. The standard InChI is InChI=1S/C18H13NO4.Na/c20-15(21)9-14-10-5-1-2-6-11(10)17(23-14)16-12-7-3-4-8-13(12)19-18(16)22;/h1-8,14H,9H2,(H,19,22)(H,20,21);/q;+1/p-1/b17-16+;. The van der Waals surface area contributed by atoms with Crippen LogP contribution in [0.5, 0.6) is 0 Å². The van der Waals surface area contributed by atoms with Gasteiger partial charge in [-0.15, -0.1) is 0 Å². The first kappa shape index (κ1) is 16.8. The van der Waals surface area contributed by atoms with Crippen molar-refractivity contribution >= 4 is 28.9 Å². The molecule has 0 saturated heterocycles. The van der Waals surface area contributed by atoms with Crippen LogP contribution in [0.4, 0.5) is 5.69 Å². The normalized spacial score (nSPS) is 20.5. The maximum absolute atomic E-state index is 12.4. The molecule has 2 heterocycles. The van der Waals surface area contributed by atoms with E-state index in [-0.39, 0.29) is 41.9 Å². The molecule has 1 unspecified atom stereocenters. The third kappa shape index (κ3) is 2.65. The van der Waals surface area contributed by atoms with Gasteiger partial charge in [-0.2, -0.15) is 0 Å². The van der Waals surface area contributed by atoms with Crippen molar-refractivity contribution in [3.05, 3.63) is 65.2 Å². The number of benzene rings is 2. The van der Waals surface area contributed by atoms with E-state index in [9.17, 15) is 14.7 Å². The maximum atomic E-state index is 12.4. The van der Waals surface area contributed by atoms with Gasteiger partial charge in [0.15, 0.2) is 0 Å². The minimum atomic E-state index is -1.19. The number of hydrogen-bond acceptors (Lipinski definition) is 4. The number of para-hydroxylation sites is 1. The average Bonchev–Trinajstić information content (AvgIpc) is 3.04. The van der Waals surface area contributed by atoms with Crippen LogP contribution in [0.15, 0.2) is 48.5 Å². The summed E-state index contributed by atoms with van der Waals surface area (Å²) in [7, 11) is 0. The number of amides is 1. The van der Waals surface area contributed by atoms with Gasteiger partial charge in [-0.3, -0.25) is 4.79 Å². The Hall–Kier alpha value is -2.08. The van der Waals surface area contributed by atoms with E-state index in [0.717, 1.165) is 22.4 Å². The zero-order chi connectivity index (χ0) is 16.0. The van der Waals surface area contributed by atoms with Crippen LogP contribution in [0.1, 0.15) is 29.2 Å². The zero-order valence-electron chi connectivity index (χ0n) is 13.0. The second kappa shape index (κ2) is 6.43. The molecule has 1 atom stereocenters. The molecule has 1 N–H and O–H groups in total. The summed E-state index contributed by atoms with van der Waals surface area (Å²) in [6.07, 6.45) is -0.892. The molecule has 1 amide bonds. The number of carboxylic acids is 1. The molecule has 4 rings (SSSR count). The molecular formula is C18H12NNaO4. The molecule has 0 radical (unpaired) electrons. The Morgan fingerprint density at radius 2 is 1.75 bits per heavy atom. The first-order valence-electron chi connectivity index (χ1n) is 7.26. The van der Waals surface area contributed by atoms with E-state index in [4.69, 9.17) is 4.74 Å². The van der Waals surface area contributed by atoms with Gasteiger partial charge in [-0.25, -0.2) is 0 Å². The van der Waals surface area contributed by atoms with E-state index in [0.29, 0.717) is 11.3 Å². The van der Waals surface area contributed by atoms with Crippen LogP contribution < -0.4 is 40.0 Å². The smallest absolute Gasteiger partial charge is 0.550 e. The Balaban J connectivity index is 0.00000169. The van der Waals surface area contributed by atoms with Crippen LogP contribution in [0.25, 0.3) is 11.3 Å². The SMILES string of the molecule is O=C([O-])CC1O/C(=C2/C(=O)Nc3ccccc32)c2ccccc21.[Na+]. The Labute approximate surface area is 160 Å². The quantitative estimate of drug-likeness (QED) is 0.550. The van der Waals surface area contributed by atoms with Crippen molar-refractivity contribution in [3.8, 4) is 0 Å². The van der Waals surface area contributed by atoms with Crippen LogP contribution in [0.2, 0.25) is 0 Å². The van der Waals surface area contributed by atoms with Gasteiger partial charge >= 0.3 is 29.6 Å². The predicted octanol–water partition coefficient (Wildman–Crippen LogP) is -1.28. The van der Waals surface area contributed by atoms with Crippen molar-refractivity contribution in [1.82, 2.24) is 0 Å². The van der Waals surface area contributed by atoms with Crippen LogP contribution in [-0.2, 0) is 14.3 Å². The van der Waals surface area contributed by atoms with E-state index in [1.807, 2.05) is 48.5 Å². The fourth-order valence-corrected chi connectivity index (χ4v) is 3.09. The maximum Gasteiger partial charge on any atom is 1.00 e. The summed E-state index contributed by atoms with van der Waals surface area (Å²) >= 11 is 0. The molecule has 24 heavy (non-hydrogen) atoms. The minimum Gasteiger partial charge on any atom is -0.550 e. The van der Waals surface area contributed by atoms with Gasteiger partial charge < -0.3 is 20.0 Å². The molecule has 0 fully saturated rings. The molecule has 2 aromatic carbocycles. The van der Waals surface area contributed by atoms with Crippen molar-refractivity contribution in [2.24, 2.45) is 0 Å². The summed E-state index contributed by atoms with van der Waals surface area (Å²) in [5.41, 5.74) is 3.44. The number of carbonyl (C=O) groups is 2. The molecule has 0 bridgehead atoms. The predicted molar refractivity (Wildman–Crippen MR) is 81.8 cm³/mol. The molecule has 6 heteroatoms. The number of carbonyl (C=O) groups excluding carboxylic acids is 2. The monoisotopic (exact) mass is 329 g/mol. The molecule has 0 aromatic heterocycles. The van der Waals surface area contributed by atoms with E-state index < -0.39 is 12.1 Å². The van der Waals surface area contributed by atoms with Gasteiger partial charge in [0.25, 0.3) is 5.91 Å². The Morgan fingerprint density at radius 3 is 2.50 bits per heavy atom. The molecule has 2 aliphatic rings. The van der Waals surface area contributed by atoms with E-state index >= 15 is 0 Å². The van der Waals surface area contributed by atoms with Crippen LogP contribution in [0.3, 0.4) is 0 Å². The second-order valence-corrected chi connectivity index (χ2v) is 5.47. The summed E-state index contributed by atoms with van der Waals surface area (Å²) in [5.74, 6) is -1.01. The molecule has 0 saturated carbocycles. The number of anilines is 1. The van der Waals surface area contributed by atoms with Gasteiger partial charge in [0, 0.05) is 34.8 Å². The zero-order valence-corrected chi connectivity index (χ0v) is 15.0. The van der Waals surface area contributed by atoms with Gasteiger partial charge in [0.1, 0.15) is 11.9 Å². The van der Waals surface area contributed by atoms with Crippen molar-refractivity contribution in [3.63, 3.8) is 0 Å². The summed E-state index contributed by atoms with van der Waals surface area (Å²) in [4.78, 5) is 23.3. The van der Waals surface area contributed by atoms with Gasteiger partial charge in [0.2, 0.25) is 0 Å². The molecule has 0 aliphatic carbocycles. The van der Waals surface area contributed by atoms with Crippen LogP contribution in [0, 0.1) is 0 Å². The van der Waals surface area contributed by atoms with Crippen molar-refractivity contribution in [1.29, 1.82) is 0 Å². The molecule has 2 aromatic rings. The van der Waals surface area contributed by atoms with E-state index in [1.54, 1.807) is 0 Å². The number of fused-ring (bicyclic) bond motifs is 2. The number of nitrogens with one attached hydrogen (secondary N) is 1. The van der Waals surface area contributed by atoms with Crippen molar-refractivity contribution in [2.45, 2.75) is 12.5 Å². The van der Waals surface area contributed by atoms with Crippen LogP contribution >= 0.6 is 0 Å². The Bertz CT molecular complexity index is 875. The fraction of sp³-hybridized carbons (Fsp3) is 0.111. The number of rotatable bonds is 2. The van der Waals surface area contributed by atoms with Crippen LogP contribution in [-0.4, -0.2) is 11.9 Å². The minimum absolute atomic E-state index is 0. The first-order valence-corrected chi connectivity index (χ1v) is 7.26. The molecule has 2 aliphatic heterocycles. The second-order valence-electron chi connectivity index (χ2n) is 5.47. The fourth-order valence-electron chi connectivity index (χ4n) is 3.09. The molecular weight excluding hydrogens is 317 g/mol. The van der Waals surface area contributed by atoms with E-state index in [2.05, 4.69) is 5.32 Å². The molecule has 5 nitrogen and oxygen atoms in total. The average molecular weight is 329 g/mol. The number of carboxylic acid groups (broad SMARTS) is 1. The topological polar surface area (TPSA) is 78.5 Å². The van der Waals surface area contributed by atoms with Gasteiger partial charge in [-0.05, 0) is 6.07 Å². The summed E-state index contributed by atoms with van der Waals surface area (Å²) in [5, 5.41) is 13.8. The van der Waals surface area contributed by atoms with Crippen molar-refractivity contribution < 1.29 is 49.0 Å². The number of aliphatic carboxylic acids is 1. The number of ether oxygens (including phenoxy) is 1. The largest absolute Gasteiger partial charge is 1.00 e. The first-order chi connectivity index (χ1) is 11.1. The summed E-state index contributed by atoms with van der Waals surface area (Å²) in [6.45, 7) is 0. The summed E-state index contributed by atoms with van der Waals surface area (Å²) < 4.78 is 5.85. The summed E-state index contributed by atoms with van der Waals surface area (Å²) in [6, 6.07) is 14.7. The van der Waals surface area contributed by atoms with Gasteiger partial charge in [0.05, 0.1) is 5.57 Å². The third-order valence-electron chi connectivity index (χ3n) is 4.06. The van der Waals surface area contributed by atoms with E-state index in [1.165, 1.54) is 0 Å². The molecule has 0 spiro atoms. The Morgan fingerprint density at radius 1 is 1.08 bits per heavy atom. The molecule has 114 valence electrons. The van der Waals surface area contributed by atoms with Gasteiger partial charge in [-0.1, -0.05) is 42.5 Å².